The highest BCUT2D eigenvalue weighted by atomic mass is 32.1. The number of ether oxygens (including phenoxy) is 1. The number of rotatable bonds is 6. The Bertz CT molecular complexity index is 1040. The molecule has 0 saturated heterocycles. The summed E-state index contributed by atoms with van der Waals surface area (Å²) in [5.41, 5.74) is 1.09. The molecule has 0 aliphatic carbocycles. The monoisotopic (exact) mass is 388 g/mol. The van der Waals surface area contributed by atoms with Crippen molar-refractivity contribution in [2.75, 3.05) is 13.2 Å². The van der Waals surface area contributed by atoms with E-state index in [0.29, 0.717) is 29.3 Å². The van der Waals surface area contributed by atoms with Gasteiger partial charge in [0, 0.05) is 25.3 Å². The molecule has 1 aromatic heterocycles. The zero-order chi connectivity index (χ0) is 19.2. The van der Waals surface area contributed by atoms with Crippen LogP contribution in [0, 0.1) is 11.6 Å². The van der Waals surface area contributed by atoms with Crippen LogP contribution in [0.15, 0.2) is 53.5 Å². The Balaban J connectivity index is 1.99. The zero-order valence-corrected chi connectivity index (χ0v) is 15.5. The molecular weight excluding hydrogens is 370 g/mol. The van der Waals surface area contributed by atoms with Gasteiger partial charge in [-0.15, -0.1) is 0 Å². The molecule has 0 aliphatic heterocycles. The van der Waals surface area contributed by atoms with Gasteiger partial charge in [-0.05, 0) is 24.6 Å². The van der Waals surface area contributed by atoms with E-state index < -0.39 is 17.5 Å². The normalized spacial score (nSPS) is 12.3. The fraction of sp³-hybridized carbons (Fsp3) is 0.200. The number of carbonyl (C=O) groups is 1. The fourth-order valence-electron chi connectivity index (χ4n) is 2.59. The first-order valence-electron chi connectivity index (χ1n) is 8.46. The number of amides is 1. The molecule has 3 rings (SSSR count). The predicted octanol–water partition coefficient (Wildman–Crippen LogP) is 4.16. The van der Waals surface area contributed by atoms with Gasteiger partial charge in [-0.3, -0.25) is 4.79 Å². The van der Waals surface area contributed by atoms with Gasteiger partial charge < -0.3 is 9.30 Å². The first-order valence-corrected chi connectivity index (χ1v) is 9.28. The van der Waals surface area contributed by atoms with Crippen LogP contribution in [0.2, 0.25) is 0 Å². The van der Waals surface area contributed by atoms with Crippen molar-refractivity contribution < 1.29 is 18.3 Å². The minimum Gasteiger partial charge on any atom is -0.380 e. The van der Waals surface area contributed by atoms with E-state index in [9.17, 15) is 13.6 Å². The molecule has 0 fully saturated rings. The smallest absolute Gasteiger partial charge is 0.272 e. The summed E-state index contributed by atoms with van der Waals surface area (Å²) < 4.78 is 35.1. The Morgan fingerprint density at radius 3 is 2.78 bits per heavy atom. The number of halogens is 2. The van der Waals surface area contributed by atoms with Crippen LogP contribution in [-0.2, 0) is 16.1 Å². The van der Waals surface area contributed by atoms with Gasteiger partial charge in [-0.2, -0.15) is 4.99 Å². The molecule has 0 radical (unpaired) electrons. The topological polar surface area (TPSA) is 43.6 Å². The molecule has 0 bridgehead atoms. The Morgan fingerprint density at radius 2 is 2.04 bits per heavy atom. The summed E-state index contributed by atoms with van der Waals surface area (Å²) in [6, 6.07) is 11.4. The van der Waals surface area contributed by atoms with Gasteiger partial charge in [-0.1, -0.05) is 41.7 Å². The standard InChI is InChI=1S/C20H18F2N2O2S/c1-2-26-11-10-24-19-16(22)12-15(21)13-17(19)27-20(24)23-18(25)9-8-14-6-4-3-5-7-14/h3-9,12-13H,2,10-11H2,1H3. The predicted molar refractivity (Wildman–Crippen MR) is 102 cm³/mol. The molecule has 2 aromatic carbocycles. The number of benzene rings is 2. The molecule has 0 spiro atoms. The van der Waals surface area contributed by atoms with Gasteiger partial charge in [0.2, 0.25) is 0 Å². The maximum atomic E-state index is 14.3. The molecule has 0 atom stereocenters. The van der Waals surface area contributed by atoms with Crippen LogP contribution in [0.5, 0.6) is 0 Å². The first-order chi connectivity index (χ1) is 13.1. The molecule has 3 aromatic rings. The van der Waals surface area contributed by atoms with E-state index in [4.69, 9.17) is 4.74 Å². The van der Waals surface area contributed by atoms with Crippen LogP contribution in [-0.4, -0.2) is 23.7 Å². The summed E-state index contributed by atoms with van der Waals surface area (Å²) in [7, 11) is 0. The largest absolute Gasteiger partial charge is 0.380 e. The Kier molecular flexibility index (Phi) is 6.26. The van der Waals surface area contributed by atoms with Crippen LogP contribution in [0.3, 0.4) is 0 Å². The lowest BCUT2D eigenvalue weighted by atomic mass is 10.2. The third-order valence-electron chi connectivity index (χ3n) is 3.78. The van der Waals surface area contributed by atoms with Crippen LogP contribution in [0.4, 0.5) is 8.78 Å². The van der Waals surface area contributed by atoms with Crippen molar-refractivity contribution in [2.45, 2.75) is 13.5 Å². The summed E-state index contributed by atoms with van der Waals surface area (Å²) in [5, 5.41) is 0. The average Bonchev–Trinajstić information content (AvgIpc) is 2.98. The SMILES string of the molecule is CCOCCn1c(=NC(=O)C=Cc2ccccc2)sc2cc(F)cc(F)c21. The number of aromatic nitrogens is 1. The van der Waals surface area contributed by atoms with E-state index in [1.165, 1.54) is 12.1 Å². The number of hydrogen-bond donors (Lipinski definition) is 0. The highest BCUT2D eigenvalue weighted by Gasteiger charge is 2.13. The quantitative estimate of drug-likeness (QED) is 0.470. The van der Waals surface area contributed by atoms with E-state index in [1.54, 1.807) is 10.6 Å². The lowest BCUT2D eigenvalue weighted by molar-refractivity contribution is -0.113. The number of hydrogen-bond acceptors (Lipinski definition) is 3. The number of nitrogens with zero attached hydrogens (tertiary/aromatic N) is 2. The highest BCUT2D eigenvalue weighted by Crippen LogP contribution is 2.22. The van der Waals surface area contributed by atoms with Gasteiger partial charge in [0.15, 0.2) is 10.6 Å². The van der Waals surface area contributed by atoms with E-state index >= 15 is 0 Å². The summed E-state index contributed by atoms with van der Waals surface area (Å²) in [5.74, 6) is -1.83. The highest BCUT2D eigenvalue weighted by molar-refractivity contribution is 7.16. The Labute approximate surface area is 159 Å². The van der Waals surface area contributed by atoms with Crippen molar-refractivity contribution in [3.8, 4) is 0 Å². The van der Waals surface area contributed by atoms with Gasteiger partial charge in [0.05, 0.1) is 16.8 Å². The minimum absolute atomic E-state index is 0.222. The maximum Gasteiger partial charge on any atom is 0.272 e. The number of thiazole rings is 1. The third kappa shape index (κ3) is 4.75. The van der Waals surface area contributed by atoms with Crippen molar-refractivity contribution in [1.82, 2.24) is 4.57 Å². The van der Waals surface area contributed by atoms with E-state index in [-0.39, 0.29) is 5.52 Å². The van der Waals surface area contributed by atoms with Crippen LogP contribution < -0.4 is 4.80 Å². The lowest BCUT2D eigenvalue weighted by Crippen LogP contribution is -2.19. The molecule has 7 heteroatoms. The van der Waals surface area contributed by atoms with E-state index in [1.807, 2.05) is 37.3 Å². The number of carbonyl (C=O) groups excluding carboxylic acids is 1. The van der Waals surface area contributed by atoms with Crippen LogP contribution in [0.1, 0.15) is 12.5 Å². The first kappa shape index (κ1) is 19.1. The average molecular weight is 388 g/mol. The zero-order valence-electron chi connectivity index (χ0n) is 14.7. The fourth-order valence-corrected chi connectivity index (χ4v) is 3.69. The van der Waals surface area contributed by atoms with Gasteiger partial charge >= 0.3 is 0 Å². The minimum atomic E-state index is -0.688. The maximum absolute atomic E-state index is 14.3. The summed E-state index contributed by atoms with van der Waals surface area (Å²) in [6.45, 7) is 3.02. The second-order valence-corrected chi connectivity index (χ2v) is 6.67. The van der Waals surface area contributed by atoms with Crippen molar-refractivity contribution in [1.29, 1.82) is 0 Å². The second kappa shape index (κ2) is 8.83. The molecule has 0 saturated carbocycles. The van der Waals surface area contributed by atoms with Crippen molar-refractivity contribution in [3.05, 3.63) is 70.5 Å². The number of fused-ring (bicyclic) bond motifs is 1. The van der Waals surface area contributed by atoms with Crippen molar-refractivity contribution >= 4 is 33.5 Å². The molecule has 0 N–H and O–H groups in total. The van der Waals surface area contributed by atoms with Crippen LogP contribution in [0.25, 0.3) is 16.3 Å². The molecule has 0 unspecified atom stereocenters. The molecular formula is C20H18F2N2O2S. The molecule has 4 nitrogen and oxygen atoms in total. The van der Waals surface area contributed by atoms with Gasteiger partial charge in [0.25, 0.3) is 5.91 Å². The summed E-state index contributed by atoms with van der Waals surface area (Å²) in [6.07, 6.45) is 3.01. The lowest BCUT2D eigenvalue weighted by Gasteiger charge is -2.06. The molecule has 27 heavy (non-hydrogen) atoms. The molecule has 0 aliphatic rings. The molecule has 1 heterocycles. The Morgan fingerprint density at radius 1 is 1.26 bits per heavy atom. The van der Waals surface area contributed by atoms with Gasteiger partial charge in [-0.25, -0.2) is 8.78 Å². The van der Waals surface area contributed by atoms with Gasteiger partial charge in [0.1, 0.15) is 5.82 Å². The summed E-state index contributed by atoms with van der Waals surface area (Å²) >= 11 is 1.07. The molecule has 140 valence electrons. The van der Waals surface area contributed by atoms with E-state index in [2.05, 4.69) is 4.99 Å². The van der Waals surface area contributed by atoms with Crippen molar-refractivity contribution in [2.24, 2.45) is 4.99 Å². The van der Waals surface area contributed by atoms with Crippen molar-refractivity contribution in [3.63, 3.8) is 0 Å². The third-order valence-corrected chi connectivity index (χ3v) is 4.81. The summed E-state index contributed by atoms with van der Waals surface area (Å²) in [4.78, 5) is 16.6. The Hall–Kier alpha value is -2.64. The van der Waals surface area contributed by atoms with Crippen LogP contribution >= 0.6 is 11.3 Å². The molecule has 1 amide bonds. The second-order valence-electron chi connectivity index (χ2n) is 5.66. The van der Waals surface area contributed by atoms with E-state index in [0.717, 1.165) is 23.0 Å².